The summed E-state index contributed by atoms with van der Waals surface area (Å²) in [5, 5.41) is 19.5. The van der Waals surface area contributed by atoms with Gasteiger partial charge >= 0.3 is 0 Å². The van der Waals surface area contributed by atoms with E-state index in [1.807, 2.05) is 6.07 Å². The molecule has 88 valence electrons. The van der Waals surface area contributed by atoms with E-state index in [0.29, 0.717) is 12.0 Å². The lowest BCUT2D eigenvalue weighted by molar-refractivity contribution is -0.384. The van der Waals surface area contributed by atoms with Gasteiger partial charge in [0.05, 0.1) is 16.6 Å². The molecule has 17 heavy (non-hydrogen) atoms. The normalized spacial score (nSPS) is 11.6. The van der Waals surface area contributed by atoms with Crippen molar-refractivity contribution < 1.29 is 9.72 Å². The van der Waals surface area contributed by atoms with Crippen LogP contribution >= 0.6 is 0 Å². The molecule has 0 aliphatic rings. The molecule has 5 heteroatoms. The van der Waals surface area contributed by atoms with Crippen molar-refractivity contribution in [3.63, 3.8) is 0 Å². The third-order valence-corrected chi connectivity index (χ3v) is 2.67. The number of hydrogen-bond acceptors (Lipinski definition) is 4. The number of rotatable bonds is 4. The lowest BCUT2D eigenvalue weighted by Gasteiger charge is -2.10. The van der Waals surface area contributed by atoms with Crippen molar-refractivity contribution in [1.82, 2.24) is 0 Å². The van der Waals surface area contributed by atoms with Crippen LogP contribution in [0.25, 0.3) is 0 Å². The average molecular weight is 232 g/mol. The second-order valence-corrected chi connectivity index (χ2v) is 3.68. The minimum Gasteiger partial charge on any atom is -0.299 e. The third-order valence-electron chi connectivity index (χ3n) is 2.67. The summed E-state index contributed by atoms with van der Waals surface area (Å²) in [6.07, 6.45) is 0.378. The summed E-state index contributed by atoms with van der Waals surface area (Å²) < 4.78 is 0. The molecule has 0 aromatic heterocycles. The summed E-state index contributed by atoms with van der Waals surface area (Å²) in [7, 11) is 0. The Bertz CT molecular complexity index is 503. The Labute approximate surface area is 98.8 Å². The highest BCUT2D eigenvalue weighted by molar-refractivity contribution is 5.85. The first-order valence-corrected chi connectivity index (χ1v) is 5.22. The van der Waals surface area contributed by atoms with Crippen molar-refractivity contribution in [2.75, 3.05) is 0 Å². The number of benzene rings is 1. The molecule has 0 aliphatic carbocycles. The molecule has 0 aliphatic heterocycles. The number of nitrogens with zero attached hydrogens (tertiary/aromatic N) is 2. The summed E-state index contributed by atoms with van der Waals surface area (Å²) in [6, 6.07) is 5.89. The summed E-state index contributed by atoms with van der Waals surface area (Å²) in [5.41, 5.74) is 0.597. The largest absolute Gasteiger partial charge is 0.299 e. The lowest BCUT2D eigenvalue weighted by atomic mass is 9.91. The molecule has 1 aromatic carbocycles. The van der Waals surface area contributed by atoms with Gasteiger partial charge in [0, 0.05) is 24.5 Å². The Hall–Kier alpha value is -2.22. The topological polar surface area (TPSA) is 84.0 Å². The van der Waals surface area contributed by atoms with E-state index in [1.165, 1.54) is 18.2 Å². The van der Waals surface area contributed by atoms with E-state index in [1.54, 1.807) is 13.8 Å². The molecule has 0 saturated carbocycles. The van der Waals surface area contributed by atoms with Crippen LogP contribution in [-0.2, 0) is 4.79 Å². The second-order valence-electron chi connectivity index (χ2n) is 3.68. The van der Waals surface area contributed by atoms with Crippen LogP contribution in [0.1, 0.15) is 37.3 Å². The van der Waals surface area contributed by atoms with Gasteiger partial charge in [-0.15, -0.1) is 0 Å². The zero-order valence-electron chi connectivity index (χ0n) is 9.64. The van der Waals surface area contributed by atoms with Crippen molar-refractivity contribution >= 4 is 11.5 Å². The maximum atomic E-state index is 11.6. The molecule has 0 radical (unpaired) electrons. The predicted octanol–water partition coefficient (Wildman–Crippen LogP) is 2.55. The first-order chi connectivity index (χ1) is 8.01. The number of non-ortho nitro benzene ring substituents is 1. The van der Waals surface area contributed by atoms with Gasteiger partial charge in [-0.1, -0.05) is 19.9 Å². The molecular weight excluding hydrogens is 220 g/mol. The number of Topliss-reactive ketones (excluding diaryl/α,β-unsaturated/α-hetero) is 1. The number of nitro benzene ring substituents is 1. The van der Waals surface area contributed by atoms with Gasteiger partial charge in [0.1, 0.15) is 5.78 Å². The number of nitro groups is 1. The number of nitriles is 1. The van der Waals surface area contributed by atoms with Crippen molar-refractivity contribution in [3.8, 4) is 6.07 Å². The van der Waals surface area contributed by atoms with Crippen molar-refractivity contribution in [2.24, 2.45) is 0 Å². The van der Waals surface area contributed by atoms with Gasteiger partial charge in [-0.3, -0.25) is 14.9 Å². The fourth-order valence-corrected chi connectivity index (χ4v) is 1.61. The van der Waals surface area contributed by atoms with Crippen molar-refractivity contribution in [1.29, 1.82) is 5.26 Å². The van der Waals surface area contributed by atoms with E-state index in [4.69, 9.17) is 5.26 Å². The highest BCUT2D eigenvalue weighted by atomic mass is 16.6. The fourth-order valence-electron chi connectivity index (χ4n) is 1.61. The summed E-state index contributed by atoms with van der Waals surface area (Å²) in [6.45, 7) is 3.45. The van der Waals surface area contributed by atoms with E-state index in [2.05, 4.69) is 0 Å². The van der Waals surface area contributed by atoms with E-state index in [9.17, 15) is 14.9 Å². The van der Waals surface area contributed by atoms with E-state index < -0.39 is 10.8 Å². The minimum absolute atomic E-state index is 0.00959. The van der Waals surface area contributed by atoms with Gasteiger partial charge in [-0.2, -0.15) is 5.26 Å². The van der Waals surface area contributed by atoms with Gasteiger partial charge in [-0.25, -0.2) is 0 Å². The molecule has 1 atom stereocenters. The molecule has 1 unspecified atom stereocenters. The van der Waals surface area contributed by atoms with Crippen molar-refractivity contribution in [3.05, 3.63) is 39.4 Å². The van der Waals surface area contributed by atoms with Crippen molar-refractivity contribution in [2.45, 2.75) is 26.2 Å². The fraction of sp³-hybridized carbons (Fsp3) is 0.333. The Morgan fingerprint density at radius 1 is 1.59 bits per heavy atom. The van der Waals surface area contributed by atoms with Crippen LogP contribution in [-0.4, -0.2) is 10.7 Å². The molecule has 0 amide bonds. The SMILES string of the molecule is CCC(=O)C(C)c1ccc([N+](=O)[O-])cc1C#N. The van der Waals surface area contributed by atoms with Crippen LogP contribution < -0.4 is 0 Å². The van der Waals surface area contributed by atoms with Gasteiger partial charge in [0.2, 0.25) is 0 Å². The molecule has 0 saturated heterocycles. The Kier molecular flexibility index (Phi) is 3.94. The molecule has 1 aromatic rings. The monoisotopic (exact) mass is 232 g/mol. The van der Waals surface area contributed by atoms with Crippen LogP contribution in [0.15, 0.2) is 18.2 Å². The molecule has 0 N–H and O–H groups in total. The molecule has 5 nitrogen and oxygen atoms in total. The first kappa shape index (κ1) is 12.8. The van der Waals surface area contributed by atoms with E-state index in [0.717, 1.165) is 0 Å². The van der Waals surface area contributed by atoms with Crippen LogP contribution in [0.2, 0.25) is 0 Å². The number of carbonyl (C=O) groups excluding carboxylic acids is 1. The number of ketones is 1. The summed E-state index contributed by atoms with van der Waals surface area (Å²) >= 11 is 0. The number of hydrogen-bond donors (Lipinski definition) is 0. The average Bonchev–Trinajstić information content (AvgIpc) is 2.35. The molecule has 0 bridgehead atoms. The molecule has 0 spiro atoms. The van der Waals surface area contributed by atoms with E-state index >= 15 is 0 Å². The Balaban J connectivity index is 3.23. The molecule has 1 rings (SSSR count). The second kappa shape index (κ2) is 5.21. The van der Waals surface area contributed by atoms with Crippen LogP contribution in [0.5, 0.6) is 0 Å². The van der Waals surface area contributed by atoms with Crippen LogP contribution in [0.4, 0.5) is 5.69 Å². The van der Waals surface area contributed by atoms with E-state index in [-0.39, 0.29) is 17.0 Å². The Morgan fingerprint density at radius 2 is 2.24 bits per heavy atom. The minimum atomic E-state index is -0.559. The smallest absolute Gasteiger partial charge is 0.270 e. The highest BCUT2D eigenvalue weighted by Crippen LogP contribution is 2.25. The predicted molar refractivity (Wildman–Crippen MR) is 61.5 cm³/mol. The number of carbonyl (C=O) groups is 1. The van der Waals surface area contributed by atoms with Gasteiger partial charge in [0.15, 0.2) is 0 Å². The maximum absolute atomic E-state index is 11.6. The molecule has 0 heterocycles. The van der Waals surface area contributed by atoms with Gasteiger partial charge < -0.3 is 0 Å². The standard InChI is InChI=1S/C12H12N2O3/c1-3-12(15)8(2)11-5-4-10(14(16)17)6-9(11)7-13/h4-6,8H,3H2,1-2H3. The Morgan fingerprint density at radius 3 is 2.71 bits per heavy atom. The quantitative estimate of drug-likeness (QED) is 0.589. The van der Waals surface area contributed by atoms with Crippen LogP contribution in [0.3, 0.4) is 0 Å². The lowest BCUT2D eigenvalue weighted by Crippen LogP contribution is -2.09. The first-order valence-electron chi connectivity index (χ1n) is 5.22. The highest BCUT2D eigenvalue weighted by Gasteiger charge is 2.19. The van der Waals surface area contributed by atoms with Gasteiger partial charge in [-0.05, 0) is 5.56 Å². The van der Waals surface area contributed by atoms with Crippen LogP contribution in [0, 0.1) is 21.4 Å². The maximum Gasteiger partial charge on any atom is 0.270 e. The summed E-state index contributed by atoms with van der Waals surface area (Å²) in [5.74, 6) is -0.397. The zero-order valence-corrected chi connectivity index (χ0v) is 9.64. The molecular formula is C12H12N2O3. The molecule has 0 fully saturated rings. The zero-order chi connectivity index (χ0) is 13.0. The van der Waals surface area contributed by atoms with Gasteiger partial charge in [0.25, 0.3) is 5.69 Å². The summed E-state index contributed by atoms with van der Waals surface area (Å²) in [4.78, 5) is 21.6. The third kappa shape index (κ3) is 2.67.